The van der Waals surface area contributed by atoms with E-state index in [0.29, 0.717) is 11.4 Å². The number of carbonyl (C=O) groups excluding carboxylic acids is 1. The van der Waals surface area contributed by atoms with Gasteiger partial charge in [0.1, 0.15) is 12.3 Å². The maximum absolute atomic E-state index is 12.6. The van der Waals surface area contributed by atoms with Crippen LogP contribution < -0.4 is 19.3 Å². The first-order valence-electron chi connectivity index (χ1n) is 10.0. The Morgan fingerprint density at radius 2 is 1.83 bits per heavy atom. The van der Waals surface area contributed by atoms with Crippen LogP contribution in [0.2, 0.25) is 0 Å². The Bertz CT molecular complexity index is 970. The maximum atomic E-state index is 12.6. The number of amides is 1. The van der Waals surface area contributed by atoms with Crippen LogP contribution in [0.1, 0.15) is 31.4 Å². The van der Waals surface area contributed by atoms with E-state index in [1.54, 1.807) is 24.3 Å². The Morgan fingerprint density at radius 1 is 1.17 bits per heavy atom. The minimum Gasteiger partial charge on any atom is -0.497 e. The van der Waals surface area contributed by atoms with Crippen LogP contribution in [0.25, 0.3) is 0 Å². The zero-order chi connectivity index (χ0) is 21.7. The van der Waals surface area contributed by atoms with Gasteiger partial charge in [0, 0.05) is 24.8 Å². The van der Waals surface area contributed by atoms with Crippen LogP contribution in [-0.2, 0) is 14.8 Å². The van der Waals surface area contributed by atoms with Gasteiger partial charge < -0.3 is 15.0 Å². The second-order valence-corrected chi connectivity index (χ2v) is 9.45. The van der Waals surface area contributed by atoms with Crippen molar-refractivity contribution in [3.63, 3.8) is 0 Å². The van der Waals surface area contributed by atoms with Gasteiger partial charge >= 0.3 is 0 Å². The van der Waals surface area contributed by atoms with E-state index in [4.69, 9.17) is 4.74 Å². The largest absolute Gasteiger partial charge is 0.497 e. The quantitative estimate of drug-likeness (QED) is 0.695. The van der Waals surface area contributed by atoms with Crippen molar-refractivity contribution in [3.8, 4) is 5.75 Å². The van der Waals surface area contributed by atoms with Gasteiger partial charge in [-0.2, -0.15) is 0 Å². The Labute approximate surface area is 178 Å². The van der Waals surface area contributed by atoms with Gasteiger partial charge in [0.15, 0.2) is 0 Å². The van der Waals surface area contributed by atoms with Crippen molar-refractivity contribution in [3.05, 3.63) is 54.1 Å². The molecular weight excluding hydrogens is 402 g/mol. The Balaban J connectivity index is 1.67. The molecular formula is C22H29N3O4S. The molecule has 3 rings (SSSR count). The molecule has 7 nitrogen and oxygen atoms in total. The molecule has 1 amide bonds. The normalized spacial score (nSPS) is 15.0. The summed E-state index contributed by atoms with van der Waals surface area (Å²) in [5.74, 6) is 0.146. The van der Waals surface area contributed by atoms with Crippen LogP contribution in [0.3, 0.4) is 0 Å². The lowest BCUT2D eigenvalue weighted by atomic mass is 10.1. The van der Waals surface area contributed by atoms with Crippen LogP contribution in [0.5, 0.6) is 5.75 Å². The van der Waals surface area contributed by atoms with Crippen molar-refractivity contribution < 1.29 is 17.9 Å². The van der Waals surface area contributed by atoms with Crippen molar-refractivity contribution in [2.75, 3.05) is 42.2 Å². The molecule has 0 bridgehead atoms. The zero-order valence-corrected chi connectivity index (χ0v) is 18.5. The first-order valence-corrected chi connectivity index (χ1v) is 11.9. The molecule has 0 aromatic heterocycles. The number of rotatable bonds is 8. The molecule has 1 N–H and O–H groups in total. The minimum atomic E-state index is -3.64. The fourth-order valence-corrected chi connectivity index (χ4v) is 4.46. The summed E-state index contributed by atoms with van der Waals surface area (Å²) in [7, 11) is -2.13. The van der Waals surface area contributed by atoms with Gasteiger partial charge in [-0.3, -0.25) is 9.10 Å². The van der Waals surface area contributed by atoms with Gasteiger partial charge in [-0.15, -0.1) is 0 Å². The summed E-state index contributed by atoms with van der Waals surface area (Å²) < 4.78 is 30.8. The van der Waals surface area contributed by atoms with E-state index in [1.807, 2.05) is 19.1 Å². The van der Waals surface area contributed by atoms with E-state index in [0.717, 1.165) is 29.2 Å². The monoisotopic (exact) mass is 431 g/mol. The molecule has 1 unspecified atom stereocenters. The van der Waals surface area contributed by atoms with Crippen LogP contribution in [0.15, 0.2) is 48.5 Å². The predicted octanol–water partition coefficient (Wildman–Crippen LogP) is 2.94. The Kier molecular flexibility index (Phi) is 6.87. The molecule has 30 heavy (non-hydrogen) atoms. The van der Waals surface area contributed by atoms with Crippen LogP contribution >= 0.6 is 0 Å². The number of hydrogen-bond donors (Lipinski definition) is 1. The SMILES string of the molecule is COc1cccc(N(CC(=O)NC(C)c2ccc(N3CCCC3)cc2)S(C)(=O)=O)c1. The zero-order valence-electron chi connectivity index (χ0n) is 17.7. The number of carbonyl (C=O) groups is 1. The van der Waals surface area contributed by atoms with E-state index in [9.17, 15) is 13.2 Å². The number of ether oxygens (including phenoxy) is 1. The smallest absolute Gasteiger partial charge is 0.241 e. The minimum absolute atomic E-state index is 0.239. The maximum Gasteiger partial charge on any atom is 0.241 e. The van der Waals surface area contributed by atoms with Crippen molar-refractivity contribution in [2.24, 2.45) is 0 Å². The standard InChI is InChI=1S/C22H29N3O4S/c1-17(18-9-11-19(12-10-18)24-13-4-5-14-24)23-22(26)16-25(30(3,27)28)20-7-6-8-21(15-20)29-2/h6-12,15,17H,4-5,13-14,16H2,1-3H3,(H,23,26). The number of nitrogens with zero attached hydrogens (tertiary/aromatic N) is 2. The highest BCUT2D eigenvalue weighted by molar-refractivity contribution is 7.92. The molecule has 1 aliphatic rings. The molecule has 2 aromatic carbocycles. The number of hydrogen-bond acceptors (Lipinski definition) is 5. The fourth-order valence-electron chi connectivity index (χ4n) is 3.62. The third kappa shape index (κ3) is 5.44. The average molecular weight is 432 g/mol. The number of benzene rings is 2. The molecule has 8 heteroatoms. The topological polar surface area (TPSA) is 79.0 Å². The second-order valence-electron chi connectivity index (χ2n) is 7.55. The van der Waals surface area contributed by atoms with E-state index < -0.39 is 10.0 Å². The summed E-state index contributed by atoms with van der Waals surface area (Å²) in [5, 5.41) is 2.90. The Hall–Kier alpha value is -2.74. The third-order valence-corrected chi connectivity index (χ3v) is 6.41. The molecule has 0 aliphatic carbocycles. The summed E-state index contributed by atoms with van der Waals surface area (Å²) in [5.41, 5.74) is 2.55. The molecule has 1 heterocycles. The molecule has 1 aliphatic heterocycles. The highest BCUT2D eigenvalue weighted by atomic mass is 32.2. The third-order valence-electron chi connectivity index (χ3n) is 5.27. The number of nitrogens with one attached hydrogen (secondary N) is 1. The van der Waals surface area contributed by atoms with E-state index in [2.05, 4.69) is 22.3 Å². The van der Waals surface area contributed by atoms with Gasteiger partial charge in [-0.1, -0.05) is 18.2 Å². The lowest BCUT2D eigenvalue weighted by Crippen LogP contribution is -2.41. The summed E-state index contributed by atoms with van der Waals surface area (Å²) in [6, 6.07) is 14.6. The van der Waals surface area contributed by atoms with Gasteiger partial charge in [0.2, 0.25) is 15.9 Å². The molecule has 2 aromatic rings. The number of anilines is 2. The lowest BCUT2D eigenvalue weighted by molar-refractivity contribution is -0.120. The molecule has 1 saturated heterocycles. The van der Waals surface area contributed by atoms with Crippen LogP contribution in [0, 0.1) is 0 Å². The van der Waals surface area contributed by atoms with Gasteiger partial charge in [-0.25, -0.2) is 8.42 Å². The summed E-state index contributed by atoms with van der Waals surface area (Å²) in [6.07, 6.45) is 3.52. The summed E-state index contributed by atoms with van der Waals surface area (Å²) in [4.78, 5) is 15.0. The van der Waals surface area contributed by atoms with Crippen molar-refractivity contribution >= 4 is 27.3 Å². The molecule has 0 radical (unpaired) electrons. The Morgan fingerprint density at radius 3 is 2.43 bits per heavy atom. The highest BCUT2D eigenvalue weighted by Gasteiger charge is 2.22. The van der Waals surface area contributed by atoms with E-state index in [-0.39, 0.29) is 18.5 Å². The average Bonchev–Trinajstić information content (AvgIpc) is 3.26. The molecule has 1 fully saturated rings. The summed E-state index contributed by atoms with van der Waals surface area (Å²) in [6.45, 7) is 3.75. The van der Waals surface area contributed by atoms with Crippen molar-refractivity contribution in [1.82, 2.24) is 5.32 Å². The highest BCUT2D eigenvalue weighted by Crippen LogP contribution is 2.24. The van der Waals surface area contributed by atoms with Crippen LogP contribution in [-0.4, -0.2) is 47.3 Å². The molecule has 162 valence electrons. The molecule has 0 saturated carbocycles. The second kappa shape index (κ2) is 9.38. The van der Waals surface area contributed by atoms with E-state index >= 15 is 0 Å². The lowest BCUT2D eigenvalue weighted by Gasteiger charge is -2.24. The number of sulfonamides is 1. The van der Waals surface area contributed by atoms with Crippen LogP contribution in [0.4, 0.5) is 11.4 Å². The van der Waals surface area contributed by atoms with Gasteiger partial charge in [0.25, 0.3) is 0 Å². The fraction of sp³-hybridized carbons (Fsp3) is 0.409. The molecule has 1 atom stereocenters. The van der Waals surface area contributed by atoms with Gasteiger partial charge in [-0.05, 0) is 49.6 Å². The van der Waals surface area contributed by atoms with E-state index in [1.165, 1.54) is 25.6 Å². The van der Waals surface area contributed by atoms with Gasteiger partial charge in [0.05, 0.1) is 25.1 Å². The number of methoxy groups -OCH3 is 1. The molecule has 0 spiro atoms. The van der Waals surface area contributed by atoms with Crippen molar-refractivity contribution in [2.45, 2.75) is 25.8 Å². The first-order chi connectivity index (χ1) is 14.3. The first kappa shape index (κ1) is 22.0. The van der Waals surface area contributed by atoms with Crippen molar-refractivity contribution in [1.29, 1.82) is 0 Å². The predicted molar refractivity (Wildman–Crippen MR) is 120 cm³/mol. The summed E-state index contributed by atoms with van der Waals surface area (Å²) >= 11 is 0.